The Morgan fingerprint density at radius 1 is 1.50 bits per heavy atom. The highest BCUT2D eigenvalue weighted by atomic mass is 35.5. The average Bonchev–Trinajstić information content (AvgIpc) is 3.15. The van der Waals surface area contributed by atoms with Crippen molar-refractivity contribution in [3.8, 4) is 0 Å². The van der Waals surface area contributed by atoms with Crippen LogP contribution in [0.1, 0.15) is 19.2 Å². The molecule has 3 rings (SSSR count). The van der Waals surface area contributed by atoms with Gasteiger partial charge in [0, 0.05) is 12.6 Å². The van der Waals surface area contributed by atoms with Crippen LogP contribution in [0.25, 0.3) is 0 Å². The van der Waals surface area contributed by atoms with E-state index in [1.54, 1.807) is 19.1 Å². The van der Waals surface area contributed by atoms with Gasteiger partial charge in [-0.05, 0) is 31.4 Å². The number of rotatable bonds is 6. The summed E-state index contributed by atoms with van der Waals surface area (Å²) in [5.74, 6) is 0.486. The van der Waals surface area contributed by atoms with Gasteiger partial charge in [0.1, 0.15) is 0 Å². The van der Waals surface area contributed by atoms with Crippen LogP contribution in [0, 0.1) is 5.92 Å². The van der Waals surface area contributed by atoms with Crippen LogP contribution in [-0.4, -0.2) is 46.3 Å². The third kappa shape index (κ3) is 4.95. The third-order valence-corrected chi connectivity index (χ3v) is 6.97. The van der Waals surface area contributed by atoms with Crippen LogP contribution < -0.4 is 5.32 Å². The topological polar surface area (TPSA) is 115 Å². The maximum Gasteiger partial charge on any atom is 0.277 e. The second kappa shape index (κ2) is 7.93. The highest BCUT2D eigenvalue weighted by molar-refractivity contribution is 8.00. The zero-order chi connectivity index (χ0) is 18.7. The number of sulfone groups is 1. The van der Waals surface area contributed by atoms with Gasteiger partial charge in [-0.1, -0.05) is 23.4 Å². The summed E-state index contributed by atoms with van der Waals surface area (Å²) in [6, 6.07) is 3.33. The number of carbonyl (C=O) groups is 1. The second-order valence-corrected chi connectivity index (χ2v) is 9.90. The number of carbonyl (C=O) groups excluding carboxylic acids is 1. The van der Waals surface area contributed by atoms with E-state index in [0.29, 0.717) is 24.4 Å². The van der Waals surface area contributed by atoms with E-state index in [1.165, 1.54) is 6.20 Å². The Kier molecular flexibility index (Phi) is 5.83. The average molecular weight is 417 g/mol. The molecule has 1 fully saturated rings. The van der Waals surface area contributed by atoms with E-state index in [-0.39, 0.29) is 33.7 Å². The van der Waals surface area contributed by atoms with Crippen molar-refractivity contribution < 1.29 is 17.6 Å². The normalized spacial score (nSPS) is 20.0. The molecular weight excluding hydrogens is 400 g/mol. The molecule has 1 saturated heterocycles. The minimum Gasteiger partial charge on any atom is -0.416 e. The molecule has 0 aromatic carbocycles. The largest absolute Gasteiger partial charge is 0.416 e. The van der Waals surface area contributed by atoms with Gasteiger partial charge < -0.3 is 9.73 Å². The molecule has 2 aromatic heterocycles. The fourth-order valence-corrected chi connectivity index (χ4v) is 5.30. The maximum atomic E-state index is 12.3. The minimum absolute atomic E-state index is 0.00624. The molecule has 2 atom stereocenters. The lowest BCUT2D eigenvalue weighted by molar-refractivity contribution is -0.115. The van der Waals surface area contributed by atoms with Crippen molar-refractivity contribution in [3.05, 3.63) is 29.4 Å². The molecule has 1 amide bonds. The first kappa shape index (κ1) is 19.1. The van der Waals surface area contributed by atoms with Gasteiger partial charge in [0.2, 0.25) is 11.8 Å². The molecule has 1 aliphatic rings. The first-order chi connectivity index (χ1) is 12.3. The van der Waals surface area contributed by atoms with Gasteiger partial charge in [-0.15, -0.1) is 10.2 Å². The lowest BCUT2D eigenvalue weighted by Gasteiger charge is -2.10. The Morgan fingerprint density at radius 2 is 2.31 bits per heavy atom. The smallest absolute Gasteiger partial charge is 0.277 e. The molecule has 0 bridgehead atoms. The highest BCUT2D eigenvalue weighted by Crippen LogP contribution is 2.27. The Balaban J connectivity index is 1.55. The Bertz CT molecular complexity index is 903. The first-order valence-electron chi connectivity index (χ1n) is 7.93. The number of anilines is 1. The van der Waals surface area contributed by atoms with Gasteiger partial charge in [0.15, 0.2) is 15.0 Å². The zero-order valence-electron chi connectivity index (χ0n) is 13.9. The van der Waals surface area contributed by atoms with Crippen LogP contribution >= 0.6 is 23.4 Å². The van der Waals surface area contributed by atoms with E-state index in [9.17, 15) is 13.2 Å². The molecule has 0 radical (unpaired) electrons. The van der Waals surface area contributed by atoms with Crippen molar-refractivity contribution >= 4 is 44.8 Å². The molecular formula is C15H17ClN4O4S2. The van der Waals surface area contributed by atoms with Crippen LogP contribution in [0.2, 0.25) is 5.15 Å². The minimum atomic E-state index is -2.94. The van der Waals surface area contributed by atoms with Gasteiger partial charge in [-0.2, -0.15) is 0 Å². The van der Waals surface area contributed by atoms with Crippen molar-refractivity contribution in [2.24, 2.45) is 5.92 Å². The number of aromatic nitrogens is 3. The SMILES string of the molecule is C[C@H](Sc1nnc(C[C@@H]2CCS(=O)(=O)C2)o1)C(=O)Nc1cccnc1Cl. The van der Waals surface area contributed by atoms with Gasteiger partial charge in [0.05, 0.1) is 22.4 Å². The summed E-state index contributed by atoms with van der Waals surface area (Å²) in [4.78, 5) is 16.1. The van der Waals surface area contributed by atoms with Gasteiger partial charge in [0.25, 0.3) is 5.22 Å². The van der Waals surface area contributed by atoms with E-state index in [4.69, 9.17) is 16.0 Å². The van der Waals surface area contributed by atoms with Crippen LogP contribution in [0.3, 0.4) is 0 Å². The number of nitrogens with one attached hydrogen (secondary N) is 1. The Labute approximate surface area is 160 Å². The molecule has 3 heterocycles. The number of halogens is 1. The molecule has 2 aromatic rings. The summed E-state index contributed by atoms with van der Waals surface area (Å²) in [5, 5.41) is 10.5. The van der Waals surface area contributed by atoms with E-state index < -0.39 is 15.1 Å². The number of thioether (sulfide) groups is 1. The predicted octanol–water partition coefficient (Wildman–Crippen LogP) is 2.21. The fourth-order valence-electron chi connectivity index (χ4n) is 2.57. The van der Waals surface area contributed by atoms with Crippen LogP contribution in [0.5, 0.6) is 0 Å². The van der Waals surface area contributed by atoms with Crippen LogP contribution in [0.15, 0.2) is 28.0 Å². The van der Waals surface area contributed by atoms with Crippen LogP contribution in [0.4, 0.5) is 5.69 Å². The van der Waals surface area contributed by atoms with E-state index >= 15 is 0 Å². The van der Waals surface area contributed by atoms with E-state index in [1.807, 2.05) is 0 Å². The number of hydrogen-bond acceptors (Lipinski definition) is 8. The Morgan fingerprint density at radius 3 is 3.00 bits per heavy atom. The summed E-state index contributed by atoms with van der Waals surface area (Å²) in [5.41, 5.74) is 0.431. The van der Waals surface area contributed by atoms with Crippen molar-refractivity contribution in [3.63, 3.8) is 0 Å². The molecule has 0 spiro atoms. The molecule has 0 unspecified atom stereocenters. The van der Waals surface area contributed by atoms with Crippen molar-refractivity contribution in [1.29, 1.82) is 0 Å². The summed E-state index contributed by atoms with van der Waals surface area (Å²) < 4.78 is 28.5. The summed E-state index contributed by atoms with van der Waals surface area (Å²) >= 11 is 7.04. The molecule has 140 valence electrons. The zero-order valence-corrected chi connectivity index (χ0v) is 16.3. The van der Waals surface area contributed by atoms with Gasteiger partial charge >= 0.3 is 0 Å². The second-order valence-electron chi connectivity index (χ2n) is 6.03. The summed E-state index contributed by atoms with van der Waals surface area (Å²) in [6.45, 7) is 1.71. The van der Waals surface area contributed by atoms with Gasteiger partial charge in [-0.25, -0.2) is 13.4 Å². The summed E-state index contributed by atoms with van der Waals surface area (Å²) in [7, 11) is -2.94. The first-order valence-corrected chi connectivity index (χ1v) is 11.0. The molecule has 0 saturated carbocycles. The van der Waals surface area contributed by atoms with Crippen molar-refractivity contribution in [2.75, 3.05) is 16.8 Å². The lowest BCUT2D eigenvalue weighted by atomic mass is 10.1. The summed E-state index contributed by atoms with van der Waals surface area (Å²) in [6.07, 6.45) is 2.57. The number of nitrogens with zero attached hydrogens (tertiary/aromatic N) is 3. The van der Waals surface area contributed by atoms with Crippen molar-refractivity contribution in [2.45, 2.75) is 30.2 Å². The van der Waals surface area contributed by atoms with Gasteiger partial charge in [-0.3, -0.25) is 4.79 Å². The highest BCUT2D eigenvalue weighted by Gasteiger charge is 2.29. The number of amides is 1. The molecule has 8 nitrogen and oxygen atoms in total. The molecule has 0 aliphatic carbocycles. The predicted molar refractivity (Wildman–Crippen MR) is 98.0 cm³/mol. The Hall–Kier alpha value is -1.65. The quantitative estimate of drug-likeness (QED) is 0.563. The molecule has 11 heteroatoms. The standard InChI is InChI=1S/C15H17ClN4O4S2/c1-9(14(21)18-11-3-2-5-17-13(11)16)25-15-20-19-12(24-15)7-10-4-6-26(22,23)8-10/h2-3,5,9-10H,4,6-8H2,1H3,(H,18,21)/t9-,10-/m0/s1. The maximum absolute atomic E-state index is 12.3. The van der Waals surface area contributed by atoms with Crippen LogP contribution in [-0.2, 0) is 21.1 Å². The van der Waals surface area contributed by atoms with E-state index in [2.05, 4.69) is 20.5 Å². The molecule has 1 aliphatic heterocycles. The van der Waals surface area contributed by atoms with Crippen molar-refractivity contribution in [1.82, 2.24) is 15.2 Å². The number of hydrogen-bond donors (Lipinski definition) is 1. The fraction of sp³-hybridized carbons (Fsp3) is 0.467. The monoisotopic (exact) mass is 416 g/mol. The lowest BCUT2D eigenvalue weighted by Crippen LogP contribution is -2.22. The van der Waals surface area contributed by atoms with E-state index in [0.717, 1.165) is 11.8 Å². The molecule has 1 N–H and O–H groups in total. The third-order valence-electron chi connectivity index (χ3n) is 3.90. The number of pyridine rings is 1. The molecule has 26 heavy (non-hydrogen) atoms.